The summed E-state index contributed by atoms with van der Waals surface area (Å²) in [5, 5.41) is 10.0. The van der Waals surface area contributed by atoms with Crippen molar-refractivity contribution in [3.8, 4) is 5.88 Å². The fourth-order valence-electron chi connectivity index (χ4n) is 2.49. The van der Waals surface area contributed by atoms with Crippen molar-refractivity contribution in [1.82, 2.24) is 20.5 Å². The molecular formula is C16H19ClN4O3. The number of morpholine rings is 1. The van der Waals surface area contributed by atoms with Crippen LogP contribution in [-0.2, 0) is 11.2 Å². The number of Topliss-reactive ketones (excluding diaryl/α,β-unsaturated/α-hetero) is 1. The molecule has 2 aromatic rings. The second kappa shape index (κ2) is 7.74. The Bertz CT molecular complexity index is 696. The van der Waals surface area contributed by atoms with E-state index in [9.17, 15) is 4.79 Å². The molecule has 1 saturated heterocycles. The second-order valence-electron chi connectivity index (χ2n) is 5.41. The largest absolute Gasteiger partial charge is 0.476 e. The Labute approximate surface area is 144 Å². The predicted molar refractivity (Wildman–Crippen MR) is 88.6 cm³/mol. The normalized spacial score (nSPS) is 17.7. The summed E-state index contributed by atoms with van der Waals surface area (Å²) >= 11 is 6.11. The Morgan fingerprint density at radius 2 is 2.38 bits per heavy atom. The minimum Gasteiger partial charge on any atom is -0.476 e. The summed E-state index contributed by atoms with van der Waals surface area (Å²) in [6.07, 6.45) is 1.84. The van der Waals surface area contributed by atoms with Gasteiger partial charge < -0.3 is 14.8 Å². The smallest absolute Gasteiger partial charge is 0.252 e. The van der Waals surface area contributed by atoms with Crippen LogP contribution in [0, 0.1) is 0 Å². The van der Waals surface area contributed by atoms with E-state index in [1.807, 2.05) is 19.1 Å². The number of nitrogens with zero attached hydrogens (tertiary/aromatic N) is 2. The molecule has 1 aliphatic heterocycles. The van der Waals surface area contributed by atoms with Gasteiger partial charge in [-0.25, -0.2) is 0 Å². The van der Waals surface area contributed by atoms with Crippen molar-refractivity contribution >= 4 is 17.4 Å². The van der Waals surface area contributed by atoms with Gasteiger partial charge in [-0.15, -0.1) is 5.10 Å². The van der Waals surface area contributed by atoms with Crippen molar-refractivity contribution in [2.75, 3.05) is 26.3 Å². The molecule has 3 heterocycles. The average molecular weight is 351 g/mol. The van der Waals surface area contributed by atoms with Crippen LogP contribution in [0.2, 0.25) is 5.02 Å². The number of hydrogen-bond donors (Lipinski definition) is 2. The molecule has 1 fully saturated rings. The monoisotopic (exact) mass is 350 g/mol. The summed E-state index contributed by atoms with van der Waals surface area (Å²) in [7, 11) is 0. The quantitative estimate of drug-likeness (QED) is 0.774. The molecule has 0 radical (unpaired) electrons. The number of carbonyl (C=O) groups excluding carboxylic acids is 1. The number of rotatable bonds is 6. The molecule has 0 saturated carbocycles. The Hall–Kier alpha value is -1.96. The number of aromatic amines is 1. The van der Waals surface area contributed by atoms with Gasteiger partial charge in [-0.1, -0.05) is 17.7 Å². The average Bonchev–Trinajstić information content (AvgIpc) is 2.98. The minimum atomic E-state index is -0.163. The lowest BCUT2D eigenvalue weighted by atomic mass is 10.1. The van der Waals surface area contributed by atoms with Crippen LogP contribution in [0.4, 0.5) is 0 Å². The molecule has 8 heteroatoms. The zero-order valence-corrected chi connectivity index (χ0v) is 14.1. The van der Waals surface area contributed by atoms with E-state index in [0.29, 0.717) is 13.2 Å². The number of H-pyrrole nitrogens is 1. The van der Waals surface area contributed by atoms with E-state index in [1.54, 1.807) is 6.20 Å². The van der Waals surface area contributed by atoms with Crippen LogP contribution < -0.4 is 10.1 Å². The number of hydrogen-bond acceptors (Lipinski definition) is 6. The molecule has 7 nitrogen and oxygen atoms in total. The number of halogens is 1. The second-order valence-corrected chi connectivity index (χ2v) is 5.78. The summed E-state index contributed by atoms with van der Waals surface area (Å²) in [5.74, 6) is 0.0847. The third kappa shape index (κ3) is 3.75. The fraction of sp³-hybridized carbons (Fsp3) is 0.438. The number of carbonyl (C=O) groups is 1. The zero-order chi connectivity index (χ0) is 16.9. The van der Waals surface area contributed by atoms with Crippen LogP contribution in [0.1, 0.15) is 34.8 Å². The van der Waals surface area contributed by atoms with Gasteiger partial charge in [0.25, 0.3) is 5.88 Å². The molecule has 2 aromatic heterocycles. The van der Waals surface area contributed by atoms with E-state index in [-0.39, 0.29) is 34.9 Å². The Kier molecular flexibility index (Phi) is 5.44. The third-order valence-electron chi connectivity index (χ3n) is 3.71. The maximum Gasteiger partial charge on any atom is 0.252 e. The van der Waals surface area contributed by atoms with Crippen molar-refractivity contribution < 1.29 is 14.3 Å². The fourth-order valence-corrected chi connectivity index (χ4v) is 2.73. The van der Waals surface area contributed by atoms with Gasteiger partial charge in [-0.3, -0.25) is 14.9 Å². The number of ether oxygens (including phenoxy) is 2. The molecular weight excluding hydrogens is 332 g/mol. The first-order valence-corrected chi connectivity index (χ1v) is 8.23. The number of aromatic nitrogens is 3. The van der Waals surface area contributed by atoms with Gasteiger partial charge in [0, 0.05) is 25.7 Å². The summed E-state index contributed by atoms with van der Waals surface area (Å²) in [6, 6.07) is 3.77. The maximum atomic E-state index is 12.4. The Morgan fingerprint density at radius 1 is 1.50 bits per heavy atom. The van der Waals surface area contributed by atoms with Crippen LogP contribution >= 0.6 is 11.6 Å². The van der Waals surface area contributed by atoms with E-state index in [2.05, 4.69) is 20.5 Å². The van der Waals surface area contributed by atoms with E-state index in [0.717, 1.165) is 24.3 Å². The van der Waals surface area contributed by atoms with Crippen molar-refractivity contribution in [3.63, 3.8) is 0 Å². The number of ketones is 1. The lowest BCUT2D eigenvalue weighted by Crippen LogP contribution is -2.33. The van der Waals surface area contributed by atoms with Crippen molar-refractivity contribution in [3.05, 3.63) is 40.3 Å². The van der Waals surface area contributed by atoms with Gasteiger partial charge in [0.15, 0.2) is 5.78 Å². The van der Waals surface area contributed by atoms with Crippen LogP contribution in [0.15, 0.2) is 18.3 Å². The van der Waals surface area contributed by atoms with Gasteiger partial charge in [0.2, 0.25) is 0 Å². The van der Waals surface area contributed by atoms with E-state index < -0.39 is 0 Å². The number of nitrogens with one attached hydrogen (secondary N) is 2. The van der Waals surface area contributed by atoms with Gasteiger partial charge >= 0.3 is 0 Å². The van der Waals surface area contributed by atoms with Crippen molar-refractivity contribution in [2.45, 2.75) is 19.4 Å². The molecule has 1 unspecified atom stereocenters. The summed E-state index contributed by atoms with van der Waals surface area (Å²) in [4.78, 5) is 16.8. The molecule has 2 N–H and O–H groups in total. The van der Waals surface area contributed by atoms with E-state index in [1.165, 1.54) is 0 Å². The molecule has 0 aliphatic carbocycles. The van der Waals surface area contributed by atoms with Crippen molar-refractivity contribution in [2.24, 2.45) is 0 Å². The van der Waals surface area contributed by atoms with Gasteiger partial charge in [-0.2, -0.15) is 0 Å². The van der Waals surface area contributed by atoms with E-state index >= 15 is 0 Å². The lowest BCUT2D eigenvalue weighted by Gasteiger charge is -2.23. The molecule has 0 amide bonds. The van der Waals surface area contributed by atoms with Gasteiger partial charge in [0.1, 0.15) is 16.8 Å². The lowest BCUT2D eigenvalue weighted by molar-refractivity contribution is 0.0250. The third-order valence-corrected chi connectivity index (χ3v) is 4.06. The first kappa shape index (κ1) is 16.9. The van der Waals surface area contributed by atoms with Crippen molar-refractivity contribution in [1.29, 1.82) is 0 Å². The first-order valence-electron chi connectivity index (χ1n) is 7.86. The first-order chi connectivity index (χ1) is 11.7. The molecule has 1 aliphatic rings. The van der Waals surface area contributed by atoms with Crippen LogP contribution in [0.5, 0.6) is 5.88 Å². The van der Waals surface area contributed by atoms with Gasteiger partial charge in [0.05, 0.1) is 18.9 Å². The minimum absolute atomic E-state index is 0.0423. The molecule has 1 atom stereocenters. The summed E-state index contributed by atoms with van der Waals surface area (Å²) in [5.41, 5.74) is 1.91. The van der Waals surface area contributed by atoms with E-state index in [4.69, 9.17) is 21.1 Å². The summed E-state index contributed by atoms with van der Waals surface area (Å²) in [6.45, 7) is 4.53. The highest BCUT2D eigenvalue weighted by Crippen LogP contribution is 2.26. The zero-order valence-electron chi connectivity index (χ0n) is 13.3. The Balaban J connectivity index is 1.66. The highest BCUT2D eigenvalue weighted by atomic mass is 35.5. The topological polar surface area (TPSA) is 89.1 Å². The Morgan fingerprint density at radius 3 is 3.04 bits per heavy atom. The SMILES string of the molecule is CCOc1n[nH]c(C(=O)Cc2ccc(C3CNCCO3)nc2)c1Cl. The molecule has 0 spiro atoms. The number of pyridine rings is 1. The standard InChI is InChI=1S/C16H19ClN4O3/c1-2-23-16-14(17)15(20-21-16)12(22)7-10-3-4-11(19-8-10)13-9-18-5-6-24-13/h3-4,8,13,18H,2,5-7,9H2,1H3,(H,20,21). The molecule has 128 valence electrons. The maximum absolute atomic E-state index is 12.4. The van der Waals surface area contributed by atoms with Gasteiger partial charge in [-0.05, 0) is 18.6 Å². The molecule has 24 heavy (non-hydrogen) atoms. The van der Waals surface area contributed by atoms with Crippen LogP contribution in [0.25, 0.3) is 0 Å². The summed E-state index contributed by atoms with van der Waals surface area (Å²) < 4.78 is 10.9. The molecule has 0 bridgehead atoms. The predicted octanol–water partition coefficient (Wildman–Crippen LogP) is 1.94. The van der Waals surface area contributed by atoms with Crippen LogP contribution in [-0.4, -0.2) is 47.3 Å². The van der Waals surface area contributed by atoms with Crippen LogP contribution in [0.3, 0.4) is 0 Å². The molecule has 0 aromatic carbocycles. The highest BCUT2D eigenvalue weighted by molar-refractivity contribution is 6.35. The highest BCUT2D eigenvalue weighted by Gasteiger charge is 2.20. The molecule has 3 rings (SSSR count).